The summed E-state index contributed by atoms with van der Waals surface area (Å²) in [6, 6.07) is 24.0. The number of rotatable bonds is 10. The maximum atomic E-state index is 13.6. The van der Waals surface area contributed by atoms with Crippen molar-refractivity contribution < 1.29 is 23.9 Å². The molecule has 2 atom stereocenters. The number of nitrogens with one attached hydrogen (secondary N) is 1. The highest BCUT2D eigenvalue weighted by Gasteiger charge is 2.61. The maximum absolute atomic E-state index is 13.6. The molecule has 3 aliphatic carbocycles. The van der Waals surface area contributed by atoms with Gasteiger partial charge in [0.1, 0.15) is 0 Å². The first-order chi connectivity index (χ1) is 20.0. The minimum Gasteiger partial charge on any atom is -0.456 e. The highest BCUT2D eigenvalue weighted by atomic mass is 16.5. The van der Waals surface area contributed by atoms with Gasteiger partial charge in [-0.25, -0.2) is 0 Å². The van der Waals surface area contributed by atoms with Gasteiger partial charge in [0, 0.05) is 30.5 Å². The third kappa shape index (κ3) is 4.94. The van der Waals surface area contributed by atoms with Gasteiger partial charge in [-0.1, -0.05) is 74.0 Å². The number of hydrogen-bond donors (Lipinski definition) is 1. The van der Waals surface area contributed by atoms with Crippen LogP contribution in [0.25, 0.3) is 0 Å². The normalized spacial score (nSPS) is 21.7. The minimum absolute atomic E-state index is 0.0752. The van der Waals surface area contributed by atoms with Gasteiger partial charge < -0.3 is 10.1 Å². The van der Waals surface area contributed by atoms with Crippen LogP contribution in [0, 0.1) is 11.8 Å². The molecule has 0 aromatic heterocycles. The summed E-state index contributed by atoms with van der Waals surface area (Å²) in [6.07, 6.45) is 2.95. The Bertz CT molecular complexity index is 1380. The van der Waals surface area contributed by atoms with E-state index in [9.17, 15) is 19.2 Å². The van der Waals surface area contributed by atoms with Gasteiger partial charge in [0.2, 0.25) is 11.8 Å². The predicted octanol–water partition coefficient (Wildman–Crippen LogP) is 5.18. The molecular formula is C34H34N2O5. The molecule has 1 saturated heterocycles. The summed E-state index contributed by atoms with van der Waals surface area (Å²) < 4.78 is 5.12. The molecule has 7 nitrogen and oxygen atoms in total. The van der Waals surface area contributed by atoms with E-state index in [2.05, 4.69) is 36.5 Å². The summed E-state index contributed by atoms with van der Waals surface area (Å²) in [6.45, 7) is 2.08. The molecule has 1 aliphatic heterocycles. The summed E-state index contributed by atoms with van der Waals surface area (Å²) in [4.78, 5) is 53.0. The monoisotopic (exact) mass is 550 g/mol. The molecule has 1 heterocycles. The number of imide groups is 1. The van der Waals surface area contributed by atoms with Crippen LogP contribution in [-0.2, 0) is 30.3 Å². The zero-order valence-corrected chi connectivity index (χ0v) is 23.2. The molecule has 3 aromatic carbocycles. The first-order valence-electron chi connectivity index (χ1n) is 14.5. The average molecular weight is 551 g/mol. The maximum Gasteiger partial charge on any atom is 0.306 e. The van der Waals surface area contributed by atoms with E-state index in [1.54, 1.807) is 0 Å². The van der Waals surface area contributed by atoms with E-state index in [4.69, 9.17) is 4.74 Å². The van der Waals surface area contributed by atoms with Crippen molar-refractivity contribution in [1.29, 1.82) is 0 Å². The molecule has 7 rings (SSSR count). The van der Waals surface area contributed by atoms with Crippen molar-refractivity contribution in [3.05, 3.63) is 101 Å². The van der Waals surface area contributed by atoms with Gasteiger partial charge in [0.25, 0.3) is 5.91 Å². The number of aryl methyl sites for hydroxylation is 1. The number of anilines is 1. The van der Waals surface area contributed by atoms with E-state index >= 15 is 0 Å². The first kappa shape index (κ1) is 26.9. The Balaban J connectivity index is 0.986. The van der Waals surface area contributed by atoms with Crippen LogP contribution < -0.4 is 5.32 Å². The van der Waals surface area contributed by atoms with Crippen LogP contribution in [0.15, 0.2) is 72.8 Å². The number of hydrogen-bond acceptors (Lipinski definition) is 5. The van der Waals surface area contributed by atoms with Crippen LogP contribution in [0.4, 0.5) is 5.69 Å². The minimum atomic E-state index is -0.437. The van der Waals surface area contributed by atoms with Crippen molar-refractivity contribution in [2.45, 2.75) is 50.9 Å². The van der Waals surface area contributed by atoms with Gasteiger partial charge in [0.05, 0.1) is 11.8 Å². The fourth-order valence-corrected chi connectivity index (χ4v) is 6.91. The fourth-order valence-electron chi connectivity index (χ4n) is 6.91. The van der Waals surface area contributed by atoms with Crippen molar-refractivity contribution in [3.63, 3.8) is 0 Å². The molecule has 2 bridgehead atoms. The number of carbonyl (C=O) groups is 4. The van der Waals surface area contributed by atoms with Gasteiger partial charge in [-0.3, -0.25) is 24.1 Å². The van der Waals surface area contributed by atoms with Crippen molar-refractivity contribution in [3.8, 4) is 0 Å². The molecule has 1 fully saturated rings. The Labute approximate surface area is 239 Å². The lowest BCUT2D eigenvalue weighted by molar-refractivity contribution is -0.147. The highest BCUT2D eigenvalue weighted by molar-refractivity contribution is 6.07. The largest absolute Gasteiger partial charge is 0.456 e. The number of amides is 3. The summed E-state index contributed by atoms with van der Waals surface area (Å²) in [5.74, 6) is -1.88. The van der Waals surface area contributed by atoms with Gasteiger partial charge in [0.15, 0.2) is 6.61 Å². The smallest absolute Gasteiger partial charge is 0.306 e. The molecule has 3 aromatic rings. The Morgan fingerprint density at radius 1 is 0.756 bits per heavy atom. The molecule has 0 unspecified atom stereocenters. The number of benzene rings is 3. The van der Waals surface area contributed by atoms with Crippen LogP contribution in [0.5, 0.6) is 0 Å². The zero-order chi connectivity index (χ0) is 28.5. The second kappa shape index (κ2) is 11.3. The summed E-state index contributed by atoms with van der Waals surface area (Å²) >= 11 is 0. The Hall–Kier alpha value is -4.26. The van der Waals surface area contributed by atoms with E-state index in [0.717, 1.165) is 6.42 Å². The summed E-state index contributed by atoms with van der Waals surface area (Å²) in [5, 5.41) is 2.72. The lowest BCUT2D eigenvalue weighted by Gasteiger charge is -2.45. The van der Waals surface area contributed by atoms with Gasteiger partial charge in [-0.2, -0.15) is 0 Å². The molecule has 210 valence electrons. The molecule has 4 aliphatic rings. The topological polar surface area (TPSA) is 92.8 Å². The van der Waals surface area contributed by atoms with Crippen LogP contribution in [0.3, 0.4) is 0 Å². The first-order valence-corrected chi connectivity index (χ1v) is 14.5. The zero-order valence-electron chi connectivity index (χ0n) is 23.2. The number of likely N-dealkylation sites (tertiary alicyclic amines) is 1. The van der Waals surface area contributed by atoms with Crippen LogP contribution in [0.1, 0.15) is 72.3 Å². The second-order valence-corrected chi connectivity index (χ2v) is 11.2. The lowest BCUT2D eigenvalue weighted by Crippen LogP contribution is -2.41. The van der Waals surface area contributed by atoms with Crippen LogP contribution in [-0.4, -0.2) is 41.7 Å². The van der Waals surface area contributed by atoms with Crippen molar-refractivity contribution in [2.75, 3.05) is 18.5 Å². The number of nitrogens with zero attached hydrogens (tertiary/aromatic N) is 1. The lowest BCUT2D eigenvalue weighted by atomic mass is 9.55. The molecular weight excluding hydrogens is 516 g/mol. The van der Waals surface area contributed by atoms with Gasteiger partial charge in [-0.15, -0.1) is 0 Å². The molecule has 0 saturated carbocycles. The predicted molar refractivity (Wildman–Crippen MR) is 154 cm³/mol. The van der Waals surface area contributed by atoms with E-state index < -0.39 is 5.97 Å². The molecule has 3 amide bonds. The van der Waals surface area contributed by atoms with E-state index in [1.807, 2.05) is 48.5 Å². The van der Waals surface area contributed by atoms with E-state index in [-0.39, 0.29) is 54.4 Å². The number of carbonyl (C=O) groups excluding carboxylic acids is 4. The van der Waals surface area contributed by atoms with Gasteiger partial charge in [-0.05, 0) is 59.2 Å². The van der Waals surface area contributed by atoms with Gasteiger partial charge >= 0.3 is 5.97 Å². The van der Waals surface area contributed by atoms with Crippen LogP contribution in [0.2, 0.25) is 0 Å². The molecule has 7 heteroatoms. The molecule has 0 radical (unpaired) electrons. The van der Waals surface area contributed by atoms with E-state index in [0.29, 0.717) is 31.5 Å². The average Bonchev–Trinajstić information content (AvgIpc) is 3.25. The van der Waals surface area contributed by atoms with Crippen molar-refractivity contribution >= 4 is 29.4 Å². The Morgan fingerprint density at radius 3 is 1.80 bits per heavy atom. The standard InChI is InChI=1S/C34H34N2O5/c1-2-21-15-17-22(18-16-21)35-27(37)20-41-28(38)14-4-3-9-19-36-33(39)31-29-23-10-5-6-11-24(23)30(32(31)34(36)40)26-13-8-7-12-25(26)29/h5-8,10-13,15-18,29-32H,2-4,9,14,19-20H2,1H3,(H,35,37)/t29?,30?,31-,32-/m0/s1. The Kier molecular flexibility index (Phi) is 7.43. The molecule has 0 spiro atoms. The second-order valence-electron chi connectivity index (χ2n) is 11.2. The van der Waals surface area contributed by atoms with Crippen molar-refractivity contribution in [2.24, 2.45) is 11.8 Å². The Morgan fingerprint density at radius 2 is 1.29 bits per heavy atom. The molecule has 41 heavy (non-hydrogen) atoms. The number of unbranched alkanes of at least 4 members (excludes halogenated alkanes) is 2. The third-order valence-electron chi connectivity index (χ3n) is 8.81. The van der Waals surface area contributed by atoms with Crippen molar-refractivity contribution in [1.82, 2.24) is 4.90 Å². The van der Waals surface area contributed by atoms with Crippen LogP contribution >= 0.6 is 0 Å². The van der Waals surface area contributed by atoms with E-state index in [1.165, 1.54) is 32.7 Å². The number of ether oxygens (including phenoxy) is 1. The molecule has 1 N–H and O–H groups in total. The SMILES string of the molecule is CCc1ccc(NC(=O)COC(=O)CCCCCN2C(=O)[C@H]3C4c5ccccc5C(c5ccccc54)[C@@H]3C2=O)cc1. The summed E-state index contributed by atoms with van der Waals surface area (Å²) in [7, 11) is 0. The third-order valence-corrected chi connectivity index (χ3v) is 8.81. The fraction of sp³-hybridized carbons (Fsp3) is 0.353. The quantitative estimate of drug-likeness (QED) is 0.213. The summed E-state index contributed by atoms with van der Waals surface area (Å²) in [5.41, 5.74) is 6.51. The number of esters is 1. The highest BCUT2D eigenvalue weighted by Crippen LogP contribution is 2.60.